The molecule has 0 bridgehead atoms. The number of carbonyl (C=O) groups excluding carboxylic acids is 1. The number of carbonyl (C=O) groups is 1. The van der Waals surface area contributed by atoms with E-state index in [9.17, 15) is 4.79 Å². The summed E-state index contributed by atoms with van der Waals surface area (Å²) in [5, 5.41) is 3.71. The number of halogens is 2. The molecule has 110 valence electrons. The molecule has 0 unspecified atom stereocenters. The van der Waals surface area contributed by atoms with Crippen molar-refractivity contribution >= 4 is 50.7 Å². The molecular weight excluding hydrogens is 358 g/mol. The summed E-state index contributed by atoms with van der Waals surface area (Å²) < 4.78 is 5.51. The van der Waals surface area contributed by atoms with E-state index in [1.807, 2.05) is 13.0 Å². The number of hydrogen-bond donors (Lipinski definition) is 2. The lowest BCUT2D eigenvalue weighted by Crippen LogP contribution is -2.07. The number of aromatic nitrogens is 1. The Hall–Kier alpha value is -1.79. The molecule has 21 heavy (non-hydrogen) atoms. The van der Waals surface area contributed by atoms with E-state index in [2.05, 4.69) is 31.0 Å². The summed E-state index contributed by atoms with van der Waals surface area (Å²) in [6, 6.07) is 5.20. The van der Waals surface area contributed by atoms with Gasteiger partial charge in [-0.25, -0.2) is 9.78 Å². The first-order valence-electron chi connectivity index (χ1n) is 5.99. The van der Waals surface area contributed by atoms with Crippen LogP contribution in [0.2, 0.25) is 5.02 Å². The Morgan fingerprint density at radius 1 is 1.43 bits per heavy atom. The predicted molar refractivity (Wildman–Crippen MR) is 87.2 cm³/mol. The first-order valence-corrected chi connectivity index (χ1v) is 7.16. The molecule has 2 rings (SSSR count). The molecule has 1 aromatic heterocycles. The quantitative estimate of drug-likeness (QED) is 0.801. The fraction of sp³-hybridized carbons (Fsp3) is 0.143. The number of methoxy groups -OCH3 is 1. The van der Waals surface area contributed by atoms with Crippen LogP contribution in [0.3, 0.4) is 0 Å². The van der Waals surface area contributed by atoms with Crippen LogP contribution >= 0.6 is 27.5 Å². The van der Waals surface area contributed by atoms with Crippen molar-refractivity contribution in [3.8, 4) is 0 Å². The number of hydrogen-bond acceptors (Lipinski definition) is 5. The van der Waals surface area contributed by atoms with Gasteiger partial charge in [0.2, 0.25) is 0 Å². The molecule has 0 aliphatic rings. The largest absolute Gasteiger partial charge is 0.465 e. The van der Waals surface area contributed by atoms with Crippen molar-refractivity contribution in [3.63, 3.8) is 0 Å². The van der Waals surface area contributed by atoms with Gasteiger partial charge in [-0.3, -0.25) is 0 Å². The van der Waals surface area contributed by atoms with Gasteiger partial charge in [0.15, 0.2) is 0 Å². The normalized spacial score (nSPS) is 10.3. The van der Waals surface area contributed by atoms with Crippen LogP contribution in [0.5, 0.6) is 0 Å². The molecule has 0 aliphatic heterocycles. The smallest absolute Gasteiger partial charge is 0.340 e. The third-order valence-corrected chi connectivity index (χ3v) is 3.91. The van der Waals surface area contributed by atoms with Gasteiger partial charge in [-0.2, -0.15) is 0 Å². The highest BCUT2D eigenvalue weighted by Crippen LogP contribution is 2.31. The van der Waals surface area contributed by atoms with Gasteiger partial charge in [0.25, 0.3) is 0 Å². The Morgan fingerprint density at radius 3 is 2.81 bits per heavy atom. The van der Waals surface area contributed by atoms with E-state index in [1.165, 1.54) is 19.4 Å². The van der Waals surface area contributed by atoms with E-state index < -0.39 is 5.97 Å². The topological polar surface area (TPSA) is 77.2 Å². The number of rotatable bonds is 3. The average molecular weight is 371 g/mol. The number of aryl methyl sites for hydroxylation is 1. The second-order valence-corrected chi connectivity index (χ2v) is 5.62. The van der Waals surface area contributed by atoms with Crippen molar-refractivity contribution in [1.29, 1.82) is 0 Å². The Balaban J connectivity index is 2.36. The van der Waals surface area contributed by atoms with Crippen LogP contribution < -0.4 is 11.1 Å². The third kappa shape index (κ3) is 3.46. The van der Waals surface area contributed by atoms with Gasteiger partial charge >= 0.3 is 5.97 Å². The number of anilines is 3. The van der Waals surface area contributed by atoms with E-state index in [-0.39, 0.29) is 11.3 Å². The highest BCUT2D eigenvalue weighted by atomic mass is 79.9. The fourth-order valence-corrected chi connectivity index (χ4v) is 2.42. The van der Waals surface area contributed by atoms with Crippen molar-refractivity contribution < 1.29 is 9.53 Å². The average Bonchev–Trinajstić information content (AvgIpc) is 2.45. The lowest BCUT2D eigenvalue weighted by atomic mass is 10.2. The molecule has 0 saturated heterocycles. The molecule has 5 nitrogen and oxygen atoms in total. The molecule has 3 N–H and O–H groups in total. The van der Waals surface area contributed by atoms with Gasteiger partial charge in [0, 0.05) is 9.50 Å². The molecule has 0 aliphatic carbocycles. The Labute approximate surface area is 135 Å². The second kappa shape index (κ2) is 6.32. The van der Waals surface area contributed by atoms with Gasteiger partial charge < -0.3 is 15.8 Å². The molecule has 7 heteroatoms. The van der Waals surface area contributed by atoms with Crippen LogP contribution in [0.25, 0.3) is 0 Å². The zero-order chi connectivity index (χ0) is 15.6. The Bertz CT molecular complexity index is 707. The lowest BCUT2D eigenvalue weighted by molar-refractivity contribution is 0.0602. The molecule has 1 aromatic carbocycles. The van der Waals surface area contributed by atoms with Gasteiger partial charge in [0.1, 0.15) is 5.82 Å². The number of esters is 1. The van der Waals surface area contributed by atoms with E-state index in [1.54, 1.807) is 6.07 Å². The summed E-state index contributed by atoms with van der Waals surface area (Å²) >= 11 is 9.56. The summed E-state index contributed by atoms with van der Waals surface area (Å²) in [6.07, 6.45) is 1.40. The summed E-state index contributed by atoms with van der Waals surface area (Å²) in [5.74, 6) is -0.0517. The summed E-state index contributed by atoms with van der Waals surface area (Å²) in [6.45, 7) is 1.91. The van der Waals surface area contributed by atoms with Crippen LogP contribution in [0.4, 0.5) is 17.2 Å². The summed E-state index contributed by atoms with van der Waals surface area (Å²) in [7, 11) is 1.30. The van der Waals surface area contributed by atoms with Crippen molar-refractivity contribution in [2.75, 3.05) is 18.2 Å². The van der Waals surface area contributed by atoms with Gasteiger partial charge in [0.05, 0.1) is 30.2 Å². The number of ether oxygens (including phenoxy) is 1. The molecule has 0 fully saturated rings. The van der Waals surface area contributed by atoms with Crippen molar-refractivity contribution in [2.24, 2.45) is 0 Å². The molecule has 0 spiro atoms. The van der Waals surface area contributed by atoms with Gasteiger partial charge in [-0.1, -0.05) is 11.6 Å². The van der Waals surface area contributed by atoms with Crippen molar-refractivity contribution in [2.45, 2.75) is 6.92 Å². The Morgan fingerprint density at radius 2 is 2.14 bits per heavy atom. The zero-order valence-electron chi connectivity index (χ0n) is 11.4. The first kappa shape index (κ1) is 15.6. The molecule has 0 radical (unpaired) electrons. The minimum atomic E-state index is -0.515. The van der Waals surface area contributed by atoms with Crippen molar-refractivity contribution in [3.05, 3.63) is 45.0 Å². The molecular formula is C14H13BrClN3O2. The van der Waals surface area contributed by atoms with Crippen molar-refractivity contribution in [1.82, 2.24) is 4.98 Å². The number of benzene rings is 1. The second-order valence-electron chi connectivity index (χ2n) is 4.35. The number of nitrogens with zero attached hydrogens (tertiary/aromatic N) is 1. The minimum absolute atomic E-state index is 0.254. The fourth-order valence-electron chi connectivity index (χ4n) is 1.70. The van der Waals surface area contributed by atoms with E-state index in [4.69, 9.17) is 17.3 Å². The summed E-state index contributed by atoms with van der Waals surface area (Å²) in [5.41, 5.74) is 7.91. The van der Waals surface area contributed by atoms with E-state index in [0.29, 0.717) is 10.8 Å². The molecule has 0 amide bonds. The van der Waals surface area contributed by atoms with E-state index in [0.717, 1.165) is 15.7 Å². The van der Waals surface area contributed by atoms with Crippen LogP contribution in [-0.2, 0) is 4.74 Å². The number of pyridine rings is 1. The lowest BCUT2D eigenvalue weighted by Gasteiger charge is -2.11. The Kier molecular flexibility index (Phi) is 4.69. The maximum Gasteiger partial charge on any atom is 0.340 e. The molecule has 2 aromatic rings. The van der Waals surface area contributed by atoms with Gasteiger partial charge in [-0.05, 0) is 46.6 Å². The zero-order valence-corrected chi connectivity index (χ0v) is 13.7. The third-order valence-electron chi connectivity index (χ3n) is 2.85. The first-order chi connectivity index (χ1) is 9.92. The molecule has 0 saturated carbocycles. The van der Waals surface area contributed by atoms with Crippen LogP contribution in [0, 0.1) is 6.92 Å². The maximum absolute atomic E-state index is 11.6. The van der Waals surface area contributed by atoms with E-state index >= 15 is 0 Å². The molecule has 1 heterocycles. The number of nitrogens with one attached hydrogen (secondary N) is 1. The molecule has 0 atom stereocenters. The monoisotopic (exact) mass is 369 g/mol. The summed E-state index contributed by atoms with van der Waals surface area (Å²) in [4.78, 5) is 15.8. The number of nitrogen functional groups attached to an aromatic ring is 1. The maximum atomic E-state index is 11.6. The highest BCUT2D eigenvalue weighted by Gasteiger charge is 2.12. The van der Waals surface area contributed by atoms with Crippen LogP contribution in [-0.4, -0.2) is 18.1 Å². The van der Waals surface area contributed by atoms with Crippen LogP contribution in [0.15, 0.2) is 28.9 Å². The standard InChI is InChI=1S/C14H13BrClN3O2/c1-7-3-9(15)12(5-10(7)16)19-13-4-8(14(20)21-2)11(17)6-18-13/h3-6H,17H2,1-2H3,(H,18,19). The number of nitrogens with two attached hydrogens (primary N) is 1. The predicted octanol–water partition coefficient (Wildman–Crippen LogP) is 3.92. The van der Waals surface area contributed by atoms with Crippen LogP contribution in [0.1, 0.15) is 15.9 Å². The SMILES string of the molecule is COC(=O)c1cc(Nc2cc(Cl)c(C)cc2Br)ncc1N. The minimum Gasteiger partial charge on any atom is -0.465 e. The van der Waals surface area contributed by atoms with Gasteiger partial charge in [-0.15, -0.1) is 0 Å². The highest BCUT2D eigenvalue weighted by molar-refractivity contribution is 9.10.